The van der Waals surface area contributed by atoms with Crippen molar-refractivity contribution in [1.29, 1.82) is 0 Å². The molecule has 0 unspecified atom stereocenters. The Morgan fingerprint density at radius 1 is 1.31 bits per heavy atom. The second kappa shape index (κ2) is 4.17. The van der Waals surface area contributed by atoms with Crippen LogP contribution in [0.1, 0.15) is 25.3 Å². The molecule has 13 heavy (non-hydrogen) atoms. The number of methoxy groups -OCH3 is 1. The van der Waals surface area contributed by atoms with Crippen molar-refractivity contribution in [2.45, 2.75) is 19.8 Å². The average Bonchev–Trinajstić information content (AvgIpc) is 2.16. The van der Waals surface area contributed by atoms with Crippen LogP contribution in [0.15, 0.2) is 18.2 Å². The molecule has 0 saturated heterocycles. The highest BCUT2D eigenvalue weighted by Gasteiger charge is 2.04. The van der Waals surface area contributed by atoms with Crippen molar-refractivity contribution >= 4 is 5.69 Å². The lowest BCUT2D eigenvalue weighted by Crippen LogP contribution is -1.96. The molecule has 0 bridgehead atoms. The van der Waals surface area contributed by atoms with E-state index in [0.29, 0.717) is 5.92 Å². The minimum Gasteiger partial charge on any atom is -0.495 e. The van der Waals surface area contributed by atoms with Crippen molar-refractivity contribution < 1.29 is 4.74 Å². The molecule has 0 atom stereocenters. The standard InChI is InChI=1S/C11H17NO/c1-8(2)9-5-6-10(12-3)11(7-9)13-4/h5-8,12H,1-4H3. The minimum absolute atomic E-state index is 0.541. The molecule has 0 aliphatic carbocycles. The van der Waals surface area contributed by atoms with Gasteiger partial charge in [0.25, 0.3) is 0 Å². The van der Waals surface area contributed by atoms with Gasteiger partial charge in [-0.05, 0) is 23.6 Å². The Labute approximate surface area is 79.9 Å². The Kier molecular flexibility index (Phi) is 3.18. The van der Waals surface area contributed by atoms with E-state index in [1.807, 2.05) is 13.1 Å². The van der Waals surface area contributed by atoms with Gasteiger partial charge in [-0.25, -0.2) is 0 Å². The van der Waals surface area contributed by atoms with Crippen LogP contribution in [0, 0.1) is 0 Å². The number of hydrogen-bond donors (Lipinski definition) is 1. The van der Waals surface area contributed by atoms with Gasteiger partial charge in [0.05, 0.1) is 12.8 Å². The van der Waals surface area contributed by atoms with E-state index in [2.05, 4.69) is 31.3 Å². The Balaban J connectivity index is 3.05. The summed E-state index contributed by atoms with van der Waals surface area (Å²) in [6.07, 6.45) is 0. The molecule has 1 rings (SSSR count). The molecule has 0 radical (unpaired) electrons. The molecular weight excluding hydrogens is 162 g/mol. The number of benzene rings is 1. The number of ether oxygens (including phenoxy) is 1. The summed E-state index contributed by atoms with van der Waals surface area (Å²) >= 11 is 0. The maximum absolute atomic E-state index is 5.26. The third-order valence-corrected chi connectivity index (χ3v) is 2.16. The summed E-state index contributed by atoms with van der Waals surface area (Å²) in [6, 6.07) is 6.25. The van der Waals surface area contributed by atoms with E-state index in [4.69, 9.17) is 4.74 Å². The highest BCUT2D eigenvalue weighted by Crippen LogP contribution is 2.28. The molecule has 0 saturated carbocycles. The van der Waals surface area contributed by atoms with Gasteiger partial charge in [-0.1, -0.05) is 19.9 Å². The molecule has 0 amide bonds. The van der Waals surface area contributed by atoms with E-state index < -0.39 is 0 Å². The highest BCUT2D eigenvalue weighted by molar-refractivity contribution is 5.57. The van der Waals surface area contributed by atoms with Crippen molar-refractivity contribution in [3.63, 3.8) is 0 Å². The molecule has 0 aromatic heterocycles. The summed E-state index contributed by atoms with van der Waals surface area (Å²) in [5.41, 5.74) is 2.34. The number of anilines is 1. The first kappa shape index (κ1) is 9.90. The zero-order chi connectivity index (χ0) is 9.84. The summed E-state index contributed by atoms with van der Waals surface area (Å²) in [5, 5.41) is 3.09. The van der Waals surface area contributed by atoms with Crippen LogP contribution >= 0.6 is 0 Å². The van der Waals surface area contributed by atoms with Crippen LogP contribution in [0.2, 0.25) is 0 Å². The lowest BCUT2D eigenvalue weighted by molar-refractivity contribution is 0.416. The predicted molar refractivity (Wildman–Crippen MR) is 56.6 cm³/mol. The Morgan fingerprint density at radius 3 is 2.46 bits per heavy atom. The first-order valence-corrected chi connectivity index (χ1v) is 4.54. The zero-order valence-corrected chi connectivity index (χ0v) is 8.72. The summed E-state index contributed by atoms with van der Waals surface area (Å²) in [5.74, 6) is 1.45. The van der Waals surface area contributed by atoms with Crippen LogP contribution in [-0.2, 0) is 0 Å². The average molecular weight is 179 g/mol. The van der Waals surface area contributed by atoms with Crippen LogP contribution in [0.5, 0.6) is 5.75 Å². The van der Waals surface area contributed by atoms with Gasteiger partial charge < -0.3 is 10.1 Å². The van der Waals surface area contributed by atoms with Gasteiger partial charge in [-0.15, -0.1) is 0 Å². The van der Waals surface area contributed by atoms with Crippen LogP contribution < -0.4 is 10.1 Å². The molecule has 1 aromatic carbocycles. The largest absolute Gasteiger partial charge is 0.495 e. The van der Waals surface area contributed by atoms with Gasteiger partial charge in [-0.2, -0.15) is 0 Å². The molecule has 2 nitrogen and oxygen atoms in total. The molecule has 0 spiro atoms. The number of hydrogen-bond acceptors (Lipinski definition) is 2. The van der Waals surface area contributed by atoms with E-state index in [9.17, 15) is 0 Å². The van der Waals surface area contributed by atoms with Crippen LogP contribution in [0.25, 0.3) is 0 Å². The van der Waals surface area contributed by atoms with Crippen molar-refractivity contribution in [2.75, 3.05) is 19.5 Å². The Hall–Kier alpha value is -1.18. The number of nitrogens with one attached hydrogen (secondary N) is 1. The zero-order valence-electron chi connectivity index (χ0n) is 8.72. The molecule has 72 valence electrons. The van der Waals surface area contributed by atoms with Gasteiger partial charge in [0, 0.05) is 7.05 Å². The fourth-order valence-corrected chi connectivity index (χ4v) is 1.27. The quantitative estimate of drug-likeness (QED) is 0.770. The summed E-state index contributed by atoms with van der Waals surface area (Å²) in [7, 11) is 3.59. The Morgan fingerprint density at radius 2 is 2.00 bits per heavy atom. The molecule has 2 heteroatoms. The summed E-state index contributed by atoms with van der Waals surface area (Å²) in [6.45, 7) is 4.35. The second-order valence-electron chi connectivity index (χ2n) is 3.36. The predicted octanol–water partition coefficient (Wildman–Crippen LogP) is 2.86. The monoisotopic (exact) mass is 179 g/mol. The normalized spacial score (nSPS) is 10.2. The fraction of sp³-hybridized carbons (Fsp3) is 0.455. The molecular formula is C11H17NO. The van der Waals surface area contributed by atoms with E-state index in [1.165, 1.54) is 5.56 Å². The van der Waals surface area contributed by atoms with Crippen LogP contribution in [0.3, 0.4) is 0 Å². The van der Waals surface area contributed by atoms with Crippen LogP contribution in [-0.4, -0.2) is 14.2 Å². The lowest BCUT2D eigenvalue weighted by Gasteiger charge is -2.11. The molecule has 1 N–H and O–H groups in total. The van der Waals surface area contributed by atoms with E-state index >= 15 is 0 Å². The van der Waals surface area contributed by atoms with Gasteiger partial charge in [0.15, 0.2) is 0 Å². The third kappa shape index (κ3) is 2.14. The fourth-order valence-electron chi connectivity index (χ4n) is 1.27. The number of rotatable bonds is 3. The van der Waals surface area contributed by atoms with Gasteiger partial charge in [0.2, 0.25) is 0 Å². The van der Waals surface area contributed by atoms with Gasteiger partial charge >= 0.3 is 0 Å². The smallest absolute Gasteiger partial charge is 0.142 e. The summed E-state index contributed by atoms with van der Waals surface area (Å²) < 4.78 is 5.26. The lowest BCUT2D eigenvalue weighted by atomic mass is 10.0. The highest BCUT2D eigenvalue weighted by atomic mass is 16.5. The van der Waals surface area contributed by atoms with E-state index in [1.54, 1.807) is 7.11 Å². The Bertz CT molecular complexity index is 281. The van der Waals surface area contributed by atoms with Crippen molar-refractivity contribution in [1.82, 2.24) is 0 Å². The van der Waals surface area contributed by atoms with Crippen molar-refractivity contribution in [3.05, 3.63) is 23.8 Å². The van der Waals surface area contributed by atoms with Gasteiger partial charge in [-0.3, -0.25) is 0 Å². The van der Waals surface area contributed by atoms with E-state index in [0.717, 1.165) is 11.4 Å². The molecule has 0 aliphatic heterocycles. The topological polar surface area (TPSA) is 21.3 Å². The molecule has 1 aromatic rings. The molecule has 0 aliphatic rings. The second-order valence-corrected chi connectivity index (χ2v) is 3.36. The maximum atomic E-state index is 5.26. The van der Waals surface area contributed by atoms with Crippen molar-refractivity contribution in [2.24, 2.45) is 0 Å². The molecule has 0 heterocycles. The summed E-state index contributed by atoms with van der Waals surface area (Å²) in [4.78, 5) is 0. The van der Waals surface area contributed by atoms with Gasteiger partial charge in [0.1, 0.15) is 5.75 Å². The molecule has 0 fully saturated rings. The third-order valence-electron chi connectivity index (χ3n) is 2.16. The SMILES string of the molecule is CNc1ccc(C(C)C)cc1OC. The first-order valence-electron chi connectivity index (χ1n) is 4.54. The van der Waals surface area contributed by atoms with Crippen molar-refractivity contribution in [3.8, 4) is 5.75 Å². The first-order chi connectivity index (χ1) is 6.19. The maximum Gasteiger partial charge on any atom is 0.142 e. The van der Waals surface area contributed by atoms with Crippen LogP contribution in [0.4, 0.5) is 5.69 Å². The minimum atomic E-state index is 0.541. The van der Waals surface area contributed by atoms with E-state index in [-0.39, 0.29) is 0 Å².